The normalized spacial score (nSPS) is 10.2. The molecule has 2 heteroatoms. The molecule has 0 saturated carbocycles. The summed E-state index contributed by atoms with van der Waals surface area (Å²) >= 11 is 9.43. The zero-order valence-electron chi connectivity index (χ0n) is 6.62. The van der Waals surface area contributed by atoms with Gasteiger partial charge in [0, 0.05) is 9.50 Å². The molecule has 0 nitrogen and oxygen atoms in total. The van der Waals surface area contributed by atoms with Crippen molar-refractivity contribution in [3.05, 3.63) is 32.8 Å². The summed E-state index contributed by atoms with van der Waals surface area (Å²) in [5.74, 6) is 0. The minimum atomic E-state index is 0.852. The van der Waals surface area contributed by atoms with E-state index in [-0.39, 0.29) is 0 Å². The van der Waals surface area contributed by atoms with Gasteiger partial charge in [0.25, 0.3) is 0 Å². The van der Waals surface area contributed by atoms with Crippen LogP contribution in [-0.4, -0.2) is 0 Å². The second kappa shape index (κ2) is 3.59. The van der Waals surface area contributed by atoms with Gasteiger partial charge in [0.1, 0.15) is 0 Å². The van der Waals surface area contributed by atoms with E-state index < -0.39 is 0 Å². The van der Waals surface area contributed by atoms with Gasteiger partial charge in [-0.15, -0.1) is 0 Å². The van der Waals surface area contributed by atoms with E-state index in [1.807, 2.05) is 13.0 Å². The van der Waals surface area contributed by atoms with E-state index in [1.54, 1.807) is 0 Å². The van der Waals surface area contributed by atoms with Crippen molar-refractivity contribution in [3.63, 3.8) is 0 Å². The SMILES string of the molecule is CCc1cc(Cl)c(C)cc1Br. The lowest BCUT2D eigenvalue weighted by atomic mass is 10.1. The third-order valence-electron chi connectivity index (χ3n) is 1.71. The van der Waals surface area contributed by atoms with E-state index in [9.17, 15) is 0 Å². The fraction of sp³-hybridized carbons (Fsp3) is 0.333. The first kappa shape index (κ1) is 9.08. The summed E-state index contributed by atoms with van der Waals surface area (Å²) in [6, 6.07) is 4.07. The van der Waals surface area contributed by atoms with Crippen molar-refractivity contribution in [1.82, 2.24) is 0 Å². The minimum absolute atomic E-state index is 0.852. The molecule has 0 N–H and O–H groups in total. The van der Waals surface area contributed by atoms with Crippen molar-refractivity contribution < 1.29 is 0 Å². The van der Waals surface area contributed by atoms with E-state index in [2.05, 4.69) is 28.9 Å². The van der Waals surface area contributed by atoms with E-state index in [0.29, 0.717) is 0 Å². The molecule has 0 aliphatic heterocycles. The molecule has 0 spiro atoms. The molecule has 11 heavy (non-hydrogen) atoms. The van der Waals surface area contributed by atoms with Gasteiger partial charge in [-0.25, -0.2) is 0 Å². The van der Waals surface area contributed by atoms with Crippen LogP contribution < -0.4 is 0 Å². The van der Waals surface area contributed by atoms with Crippen LogP contribution in [0.5, 0.6) is 0 Å². The van der Waals surface area contributed by atoms with Crippen molar-refractivity contribution in [2.75, 3.05) is 0 Å². The van der Waals surface area contributed by atoms with Gasteiger partial charge < -0.3 is 0 Å². The molecule has 0 aliphatic carbocycles. The highest BCUT2D eigenvalue weighted by molar-refractivity contribution is 9.10. The summed E-state index contributed by atoms with van der Waals surface area (Å²) in [6.45, 7) is 4.12. The van der Waals surface area contributed by atoms with Crippen LogP contribution in [0.3, 0.4) is 0 Å². The summed E-state index contributed by atoms with van der Waals surface area (Å²) in [5.41, 5.74) is 2.39. The Morgan fingerprint density at radius 3 is 2.64 bits per heavy atom. The molecule has 1 aromatic carbocycles. The van der Waals surface area contributed by atoms with Crippen LogP contribution in [0.2, 0.25) is 5.02 Å². The molecule has 0 radical (unpaired) electrons. The summed E-state index contributed by atoms with van der Waals surface area (Å²) in [6.07, 6.45) is 1.01. The standard InChI is InChI=1S/C9H10BrCl/c1-3-7-5-9(11)6(2)4-8(7)10/h4-5H,3H2,1-2H3. The predicted octanol–water partition coefficient (Wildman–Crippen LogP) is 3.97. The lowest BCUT2D eigenvalue weighted by molar-refractivity contribution is 1.12. The summed E-state index contributed by atoms with van der Waals surface area (Å²) in [7, 11) is 0. The van der Waals surface area contributed by atoms with E-state index in [0.717, 1.165) is 21.5 Å². The number of hydrogen-bond acceptors (Lipinski definition) is 0. The van der Waals surface area contributed by atoms with Crippen molar-refractivity contribution in [2.24, 2.45) is 0 Å². The average molecular weight is 234 g/mol. The Kier molecular flexibility index (Phi) is 2.97. The molecule has 1 rings (SSSR count). The second-order valence-corrected chi connectivity index (χ2v) is 3.81. The van der Waals surface area contributed by atoms with Gasteiger partial charge in [0.05, 0.1) is 0 Å². The maximum Gasteiger partial charge on any atom is 0.0438 e. The molecule has 0 bridgehead atoms. The zero-order valence-corrected chi connectivity index (χ0v) is 8.96. The molecule has 1 aromatic rings. The first-order chi connectivity index (χ1) is 5.15. The van der Waals surface area contributed by atoms with Crippen LogP contribution in [0.25, 0.3) is 0 Å². The molecule has 0 fully saturated rings. The summed E-state index contributed by atoms with van der Waals surface area (Å²) in [4.78, 5) is 0. The maximum absolute atomic E-state index is 5.94. The number of hydrogen-bond donors (Lipinski definition) is 0. The van der Waals surface area contributed by atoms with Gasteiger partial charge in [0.15, 0.2) is 0 Å². The van der Waals surface area contributed by atoms with Gasteiger partial charge in [-0.05, 0) is 36.6 Å². The molecule has 0 unspecified atom stereocenters. The Morgan fingerprint density at radius 1 is 1.45 bits per heavy atom. The van der Waals surface area contributed by atoms with Gasteiger partial charge in [0.2, 0.25) is 0 Å². The highest BCUT2D eigenvalue weighted by atomic mass is 79.9. The molecule has 0 heterocycles. The summed E-state index contributed by atoms with van der Waals surface area (Å²) < 4.78 is 1.15. The Bertz CT molecular complexity index is 269. The molecule has 0 aromatic heterocycles. The molecule has 0 saturated heterocycles. The third kappa shape index (κ3) is 1.97. The largest absolute Gasteiger partial charge is 0.0840 e. The maximum atomic E-state index is 5.94. The molecule has 0 aliphatic rings. The smallest absolute Gasteiger partial charge is 0.0438 e. The van der Waals surface area contributed by atoms with Crippen molar-refractivity contribution in [1.29, 1.82) is 0 Å². The molecule has 60 valence electrons. The van der Waals surface area contributed by atoms with Crippen molar-refractivity contribution >= 4 is 27.5 Å². The monoisotopic (exact) mass is 232 g/mol. The first-order valence-electron chi connectivity index (χ1n) is 3.59. The van der Waals surface area contributed by atoms with Gasteiger partial charge in [-0.2, -0.15) is 0 Å². The van der Waals surface area contributed by atoms with Crippen molar-refractivity contribution in [3.8, 4) is 0 Å². The average Bonchev–Trinajstić information content (AvgIpc) is 1.97. The Balaban J connectivity index is 3.21. The van der Waals surface area contributed by atoms with Crippen LogP contribution in [-0.2, 0) is 6.42 Å². The van der Waals surface area contributed by atoms with E-state index >= 15 is 0 Å². The number of benzene rings is 1. The van der Waals surface area contributed by atoms with Gasteiger partial charge in [-0.1, -0.05) is 34.5 Å². The Labute approximate surface area is 80.7 Å². The highest BCUT2D eigenvalue weighted by Gasteiger charge is 2.01. The van der Waals surface area contributed by atoms with Crippen LogP contribution in [0.1, 0.15) is 18.1 Å². The fourth-order valence-corrected chi connectivity index (χ4v) is 1.88. The second-order valence-electron chi connectivity index (χ2n) is 2.55. The van der Waals surface area contributed by atoms with E-state index in [1.165, 1.54) is 5.56 Å². The minimum Gasteiger partial charge on any atom is -0.0840 e. The lowest BCUT2D eigenvalue weighted by Crippen LogP contribution is -1.84. The fourth-order valence-electron chi connectivity index (χ4n) is 0.958. The van der Waals surface area contributed by atoms with Gasteiger partial charge >= 0.3 is 0 Å². The molecular weight excluding hydrogens is 223 g/mol. The Morgan fingerprint density at radius 2 is 2.09 bits per heavy atom. The number of halogens is 2. The predicted molar refractivity (Wildman–Crippen MR) is 53.3 cm³/mol. The Hall–Kier alpha value is -0.0100. The van der Waals surface area contributed by atoms with Crippen LogP contribution in [0.15, 0.2) is 16.6 Å². The highest BCUT2D eigenvalue weighted by Crippen LogP contribution is 2.25. The number of rotatable bonds is 1. The van der Waals surface area contributed by atoms with E-state index in [4.69, 9.17) is 11.6 Å². The zero-order chi connectivity index (χ0) is 8.43. The van der Waals surface area contributed by atoms with Crippen LogP contribution >= 0.6 is 27.5 Å². The van der Waals surface area contributed by atoms with Crippen LogP contribution in [0, 0.1) is 6.92 Å². The van der Waals surface area contributed by atoms with Crippen molar-refractivity contribution in [2.45, 2.75) is 20.3 Å². The molecule has 0 amide bonds. The number of aryl methyl sites for hydroxylation is 2. The summed E-state index contributed by atoms with van der Waals surface area (Å²) in [5, 5.41) is 0.852. The third-order valence-corrected chi connectivity index (χ3v) is 2.85. The van der Waals surface area contributed by atoms with Gasteiger partial charge in [-0.3, -0.25) is 0 Å². The first-order valence-corrected chi connectivity index (χ1v) is 4.76. The lowest BCUT2D eigenvalue weighted by Gasteiger charge is -2.04. The topological polar surface area (TPSA) is 0 Å². The molecule has 0 atom stereocenters. The van der Waals surface area contributed by atoms with Crippen LogP contribution in [0.4, 0.5) is 0 Å². The molecular formula is C9H10BrCl. The quantitative estimate of drug-likeness (QED) is 0.688.